The zero-order valence-corrected chi connectivity index (χ0v) is 6.63. The molecule has 0 rings (SSSR count). The lowest BCUT2D eigenvalue weighted by Crippen LogP contribution is -1.92. The molecule has 2 nitrogen and oxygen atoms in total. The second kappa shape index (κ2) is 2.86. The molecule has 0 N–H and O–H groups in total. The highest BCUT2D eigenvalue weighted by atomic mass is 35.9. The zero-order valence-electron chi connectivity index (χ0n) is 4.23. The first-order chi connectivity index (χ1) is 3.42. The van der Waals surface area contributed by atoms with Crippen LogP contribution in [-0.2, 0) is 9.36 Å². The second-order valence-corrected chi connectivity index (χ2v) is 6.68. The van der Waals surface area contributed by atoms with E-state index in [1.165, 1.54) is 6.92 Å². The Morgan fingerprint density at radius 3 is 2.00 bits per heavy atom. The van der Waals surface area contributed by atoms with Gasteiger partial charge in [0.1, 0.15) is 5.78 Å². The average Bonchev–Trinajstić information content (AvgIpc) is 1.21. The van der Waals surface area contributed by atoms with Gasteiger partial charge >= 0.3 is 0 Å². The van der Waals surface area contributed by atoms with E-state index < -0.39 is 5.85 Å². The minimum Gasteiger partial charge on any atom is -0.299 e. The van der Waals surface area contributed by atoms with Crippen LogP contribution in [0.1, 0.15) is 6.92 Å². The van der Waals surface area contributed by atoms with Crippen molar-refractivity contribution in [3.63, 3.8) is 0 Å². The van der Waals surface area contributed by atoms with Crippen molar-refractivity contribution in [3.8, 4) is 0 Å². The van der Waals surface area contributed by atoms with Crippen molar-refractivity contribution in [3.05, 3.63) is 0 Å². The van der Waals surface area contributed by atoms with Crippen molar-refractivity contribution in [1.82, 2.24) is 0 Å². The van der Waals surface area contributed by atoms with Gasteiger partial charge in [-0.05, 0) is 29.4 Å². The third-order valence-corrected chi connectivity index (χ3v) is 1.94. The predicted octanol–water partition coefficient (Wildman–Crippen LogP) is 2.25. The molecular formula is C3H5Cl2O2P. The molecule has 0 saturated carbocycles. The highest BCUT2D eigenvalue weighted by molar-refractivity contribution is 8.09. The van der Waals surface area contributed by atoms with Crippen LogP contribution >= 0.6 is 28.3 Å². The van der Waals surface area contributed by atoms with Gasteiger partial charge in [-0.25, -0.2) is 0 Å². The summed E-state index contributed by atoms with van der Waals surface area (Å²) in [6.07, 6.45) is -0.226. The van der Waals surface area contributed by atoms with Crippen LogP contribution in [0.3, 0.4) is 0 Å². The summed E-state index contributed by atoms with van der Waals surface area (Å²) < 4.78 is 10.3. The van der Waals surface area contributed by atoms with Gasteiger partial charge in [0.25, 0.3) is 5.85 Å². The lowest BCUT2D eigenvalue weighted by molar-refractivity contribution is -0.114. The maximum absolute atomic E-state index is 10.3. The van der Waals surface area contributed by atoms with Crippen molar-refractivity contribution in [1.29, 1.82) is 0 Å². The Hall–Kier alpha value is 0.480. The van der Waals surface area contributed by atoms with Gasteiger partial charge in [0, 0.05) is 0 Å². The van der Waals surface area contributed by atoms with Crippen molar-refractivity contribution < 1.29 is 9.36 Å². The largest absolute Gasteiger partial charge is 0.299 e. The summed E-state index contributed by atoms with van der Waals surface area (Å²) in [5.41, 5.74) is 0. The molecule has 48 valence electrons. The van der Waals surface area contributed by atoms with Gasteiger partial charge in [-0.15, -0.1) is 0 Å². The molecule has 0 aliphatic rings. The van der Waals surface area contributed by atoms with E-state index in [9.17, 15) is 9.36 Å². The molecule has 0 atom stereocenters. The number of halogens is 2. The molecule has 0 unspecified atom stereocenters. The number of carbonyl (C=O) groups excluding carboxylic acids is 1. The van der Waals surface area contributed by atoms with E-state index in [2.05, 4.69) is 0 Å². The Balaban J connectivity index is 3.74. The van der Waals surface area contributed by atoms with Gasteiger partial charge in [0.05, 0.1) is 6.16 Å². The highest BCUT2D eigenvalue weighted by Crippen LogP contribution is 2.56. The average molecular weight is 175 g/mol. The summed E-state index contributed by atoms with van der Waals surface area (Å²) in [5, 5.41) is 0. The molecule has 0 bridgehead atoms. The molecule has 0 aliphatic carbocycles. The quantitative estimate of drug-likeness (QED) is 0.603. The van der Waals surface area contributed by atoms with E-state index >= 15 is 0 Å². The van der Waals surface area contributed by atoms with Crippen molar-refractivity contribution in [2.24, 2.45) is 0 Å². The van der Waals surface area contributed by atoms with Gasteiger partial charge in [-0.1, -0.05) is 0 Å². The molecule has 0 heterocycles. The van der Waals surface area contributed by atoms with Crippen LogP contribution in [0.4, 0.5) is 0 Å². The first-order valence-electron chi connectivity index (χ1n) is 1.89. The molecule has 5 heteroatoms. The Labute approximate surface area is 57.1 Å². The van der Waals surface area contributed by atoms with E-state index in [1.54, 1.807) is 0 Å². The summed E-state index contributed by atoms with van der Waals surface area (Å²) in [6, 6.07) is 0. The van der Waals surface area contributed by atoms with Crippen molar-refractivity contribution in [2.75, 3.05) is 6.16 Å². The summed E-state index contributed by atoms with van der Waals surface area (Å²) in [6.45, 7) is 1.29. The topological polar surface area (TPSA) is 34.1 Å². The smallest absolute Gasteiger partial charge is 0.260 e. The van der Waals surface area contributed by atoms with Crippen LogP contribution in [-0.4, -0.2) is 11.9 Å². The van der Waals surface area contributed by atoms with Gasteiger partial charge in [-0.2, -0.15) is 0 Å². The minimum atomic E-state index is -3.13. The summed E-state index contributed by atoms with van der Waals surface area (Å²) in [7, 11) is 0. The Bertz CT molecular complexity index is 138. The predicted molar refractivity (Wildman–Crippen MR) is 34.9 cm³/mol. The fourth-order valence-corrected chi connectivity index (χ4v) is 1.79. The molecule has 0 fully saturated rings. The van der Waals surface area contributed by atoms with Gasteiger partial charge in [0.2, 0.25) is 0 Å². The molecular weight excluding hydrogens is 170 g/mol. The lowest BCUT2D eigenvalue weighted by atomic mass is 10.5. The normalized spacial score (nSPS) is 11.4. The van der Waals surface area contributed by atoms with Crippen LogP contribution in [0, 0.1) is 0 Å². The van der Waals surface area contributed by atoms with Crippen LogP contribution in [0.5, 0.6) is 0 Å². The molecule has 0 aromatic rings. The maximum atomic E-state index is 10.3. The SMILES string of the molecule is CC(=O)CP(=O)(Cl)Cl. The van der Waals surface area contributed by atoms with Crippen LogP contribution in [0.25, 0.3) is 0 Å². The Morgan fingerprint density at radius 1 is 1.62 bits per heavy atom. The van der Waals surface area contributed by atoms with Crippen LogP contribution < -0.4 is 0 Å². The standard InChI is InChI=1S/C3H5Cl2O2P/c1-3(6)2-8(4,5)7/h2H2,1H3. The van der Waals surface area contributed by atoms with Gasteiger partial charge in [-0.3, -0.25) is 9.36 Å². The van der Waals surface area contributed by atoms with Crippen LogP contribution in [0.2, 0.25) is 0 Å². The van der Waals surface area contributed by atoms with Gasteiger partial charge in [0.15, 0.2) is 0 Å². The fourth-order valence-electron chi connectivity index (χ4n) is 0.259. The monoisotopic (exact) mass is 174 g/mol. The maximum Gasteiger partial charge on any atom is 0.260 e. The molecule has 0 aromatic carbocycles. The Kier molecular flexibility index (Phi) is 3.03. The zero-order chi connectivity index (χ0) is 6.78. The molecule has 0 aliphatic heterocycles. The molecule has 8 heavy (non-hydrogen) atoms. The first kappa shape index (κ1) is 8.48. The number of hydrogen-bond acceptors (Lipinski definition) is 2. The lowest BCUT2D eigenvalue weighted by Gasteiger charge is -1.93. The summed E-state index contributed by atoms with van der Waals surface area (Å²) in [4.78, 5) is 10.1. The third kappa shape index (κ3) is 6.48. The van der Waals surface area contributed by atoms with Crippen molar-refractivity contribution >= 4 is 34.1 Å². The second-order valence-electron chi connectivity index (χ2n) is 1.43. The van der Waals surface area contributed by atoms with E-state index in [-0.39, 0.29) is 11.9 Å². The fraction of sp³-hybridized carbons (Fsp3) is 0.667. The minimum absolute atomic E-state index is 0.226. The van der Waals surface area contributed by atoms with Gasteiger partial charge < -0.3 is 0 Å². The number of rotatable bonds is 2. The molecule has 0 radical (unpaired) electrons. The van der Waals surface area contributed by atoms with Crippen LogP contribution in [0.15, 0.2) is 0 Å². The molecule has 0 amide bonds. The summed E-state index contributed by atoms with van der Waals surface area (Å²) >= 11 is 10.1. The Morgan fingerprint density at radius 2 is 2.00 bits per heavy atom. The number of carbonyl (C=O) groups is 1. The summed E-state index contributed by atoms with van der Waals surface area (Å²) in [5.74, 6) is -3.38. The highest BCUT2D eigenvalue weighted by Gasteiger charge is 2.15. The van der Waals surface area contributed by atoms with E-state index in [0.717, 1.165) is 0 Å². The number of Topliss-reactive ketones (excluding diaryl/α,β-unsaturated/α-hetero) is 1. The number of ketones is 1. The van der Waals surface area contributed by atoms with E-state index in [4.69, 9.17) is 22.5 Å². The molecule has 0 saturated heterocycles. The van der Waals surface area contributed by atoms with E-state index in [0.29, 0.717) is 0 Å². The number of hydrogen-bond donors (Lipinski definition) is 0. The molecule has 0 aromatic heterocycles. The third-order valence-electron chi connectivity index (χ3n) is 0.407. The first-order valence-corrected chi connectivity index (χ1v) is 5.60. The van der Waals surface area contributed by atoms with Crippen molar-refractivity contribution in [2.45, 2.75) is 6.92 Å². The van der Waals surface area contributed by atoms with E-state index in [1.807, 2.05) is 0 Å². The molecule has 0 spiro atoms.